The maximum Gasteiger partial charge on any atom is 0.179 e. The van der Waals surface area contributed by atoms with E-state index in [-0.39, 0.29) is 5.54 Å². The molecule has 52 heavy (non-hydrogen) atoms. The third-order valence-electron chi connectivity index (χ3n) is 12.4. The van der Waals surface area contributed by atoms with E-state index in [0.717, 1.165) is 6.42 Å². The molecule has 7 aromatic carbocycles. The second-order valence-corrected chi connectivity index (χ2v) is 18.6. The predicted molar refractivity (Wildman–Crippen MR) is 220 cm³/mol. The Bertz CT molecular complexity index is 2510. The van der Waals surface area contributed by atoms with Gasteiger partial charge in [0.05, 0.1) is 16.6 Å². The SMILES string of the molecule is C1=CC23C(CC1)C2c1ccccc1N3c1cc(-n2c3ccccc3c3ccccc32)cc([Si](c2ccccc2)(c2ccccc2)c2ccccc2)c1. The van der Waals surface area contributed by atoms with E-state index >= 15 is 0 Å². The zero-order valence-corrected chi connectivity index (χ0v) is 29.9. The van der Waals surface area contributed by atoms with Gasteiger partial charge in [-0.05, 0) is 81.5 Å². The third-order valence-corrected chi connectivity index (χ3v) is 17.1. The first-order valence-corrected chi connectivity index (χ1v) is 20.7. The monoisotopic (exact) mass is 682 g/mol. The summed E-state index contributed by atoms with van der Waals surface area (Å²) < 4.78 is 2.52. The van der Waals surface area contributed by atoms with Gasteiger partial charge in [0.2, 0.25) is 0 Å². The van der Waals surface area contributed by atoms with Crippen molar-refractivity contribution in [2.75, 3.05) is 4.90 Å². The average molecular weight is 683 g/mol. The number of aromatic nitrogens is 1. The van der Waals surface area contributed by atoms with Crippen molar-refractivity contribution in [1.29, 1.82) is 0 Å². The van der Waals surface area contributed by atoms with Crippen molar-refractivity contribution in [2.45, 2.75) is 24.3 Å². The zero-order valence-electron chi connectivity index (χ0n) is 28.9. The van der Waals surface area contributed by atoms with E-state index in [2.05, 4.69) is 204 Å². The molecule has 3 heteroatoms. The van der Waals surface area contributed by atoms with Crippen LogP contribution in [0.25, 0.3) is 27.5 Å². The topological polar surface area (TPSA) is 8.17 Å². The molecule has 1 saturated carbocycles. The van der Waals surface area contributed by atoms with Crippen LogP contribution in [0.3, 0.4) is 0 Å². The van der Waals surface area contributed by atoms with E-state index in [1.54, 1.807) is 0 Å². The first-order valence-electron chi connectivity index (χ1n) is 18.7. The summed E-state index contributed by atoms with van der Waals surface area (Å²) in [5.41, 5.74) is 7.79. The van der Waals surface area contributed by atoms with Crippen LogP contribution in [0.4, 0.5) is 11.4 Å². The van der Waals surface area contributed by atoms with Crippen molar-refractivity contribution in [2.24, 2.45) is 5.92 Å². The van der Waals surface area contributed by atoms with Crippen LogP contribution < -0.4 is 25.6 Å². The van der Waals surface area contributed by atoms with Crippen LogP contribution in [0.2, 0.25) is 0 Å². The van der Waals surface area contributed by atoms with E-state index in [9.17, 15) is 0 Å². The standard InChI is InChI=1S/C49H38N2Si/c1-4-18-37(19-5-1)52(38-20-6-2-7-21-38,39-22-8-3-9-23-39)40-33-35(50-45-28-13-10-24-41(45)42-25-11-14-29-46(42)50)32-36(34-40)51-47-30-15-12-26-43(47)48-44-27-16-17-31-49(44,48)51/h1-15,17-26,28-34,44,48H,16,27H2. The normalized spacial score (nSPS) is 20.1. The molecule has 8 aromatic rings. The lowest BCUT2D eigenvalue weighted by atomic mass is 9.99. The Kier molecular flexibility index (Phi) is 6.47. The van der Waals surface area contributed by atoms with E-state index in [4.69, 9.17) is 0 Å². The summed E-state index contributed by atoms with van der Waals surface area (Å²) in [5, 5.41) is 8.11. The largest absolute Gasteiger partial charge is 0.331 e. The zero-order chi connectivity index (χ0) is 34.3. The molecule has 1 spiro atoms. The molecule has 1 fully saturated rings. The molecule has 1 aromatic heterocycles. The van der Waals surface area contributed by atoms with Gasteiger partial charge in [0.15, 0.2) is 8.07 Å². The second kappa shape index (κ2) is 11.3. The highest BCUT2D eigenvalue weighted by Crippen LogP contribution is 2.73. The Morgan fingerprint density at radius 3 is 1.63 bits per heavy atom. The van der Waals surface area contributed by atoms with Gasteiger partial charge in [-0.3, -0.25) is 0 Å². The maximum absolute atomic E-state index is 2.87. The lowest BCUT2D eigenvalue weighted by Crippen LogP contribution is -2.74. The molecule has 0 amide bonds. The number of rotatable bonds is 6. The minimum absolute atomic E-state index is 0.0187. The summed E-state index contributed by atoms with van der Waals surface area (Å²) in [6, 6.07) is 68.7. The Balaban J connectivity index is 1.29. The van der Waals surface area contributed by atoms with E-state index < -0.39 is 8.07 Å². The highest BCUT2D eigenvalue weighted by atomic mass is 28.3. The Morgan fingerprint density at radius 2 is 1.02 bits per heavy atom. The molecule has 11 rings (SSSR count). The van der Waals surface area contributed by atoms with Crippen molar-refractivity contribution in [3.8, 4) is 5.69 Å². The predicted octanol–water partition coefficient (Wildman–Crippen LogP) is 9.12. The lowest BCUT2D eigenvalue weighted by molar-refractivity contribution is 0.610. The molecule has 3 unspecified atom stereocenters. The highest BCUT2D eigenvalue weighted by molar-refractivity contribution is 7.20. The summed E-state index contributed by atoms with van der Waals surface area (Å²) >= 11 is 0. The fraction of sp³-hybridized carbons (Fsp3) is 0.102. The molecule has 1 aliphatic heterocycles. The van der Waals surface area contributed by atoms with Crippen LogP contribution in [0.5, 0.6) is 0 Å². The second-order valence-electron chi connectivity index (χ2n) is 14.8. The highest BCUT2D eigenvalue weighted by Gasteiger charge is 2.71. The van der Waals surface area contributed by atoms with Gasteiger partial charge in [-0.2, -0.15) is 0 Å². The average Bonchev–Trinajstić information content (AvgIpc) is 3.64. The number of allylic oxidation sites excluding steroid dienone is 1. The summed E-state index contributed by atoms with van der Waals surface area (Å²) in [4.78, 5) is 2.74. The molecule has 3 atom stereocenters. The third kappa shape index (κ3) is 4.00. The van der Waals surface area contributed by atoms with E-state index in [1.807, 2.05) is 0 Å². The van der Waals surface area contributed by atoms with Crippen molar-refractivity contribution in [3.05, 3.63) is 200 Å². The van der Waals surface area contributed by atoms with Crippen molar-refractivity contribution in [1.82, 2.24) is 4.57 Å². The smallest absolute Gasteiger partial charge is 0.179 e. The molecule has 248 valence electrons. The van der Waals surface area contributed by atoms with Crippen LogP contribution in [-0.2, 0) is 0 Å². The minimum atomic E-state index is -2.87. The number of hydrogen-bond acceptors (Lipinski definition) is 1. The van der Waals surface area contributed by atoms with Gasteiger partial charge >= 0.3 is 0 Å². The lowest BCUT2D eigenvalue weighted by Gasteiger charge is -2.37. The van der Waals surface area contributed by atoms with Gasteiger partial charge in [0.25, 0.3) is 0 Å². The van der Waals surface area contributed by atoms with E-state index in [1.165, 1.54) is 71.6 Å². The number of hydrogen-bond donors (Lipinski definition) is 0. The molecule has 0 N–H and O–H groups in total. The van der Waals surface area contributed by atoms with Crippen LogP contribution in [-0.4, -0.2) is 18.2 Å². The van der Waals surface area contributed by atoms with Gasteiger partial charge in [-0.15, -0.1) is 0 Å². The molecule has 0 radical (unpaired) electrons. The van der Waals surface area contributed by atoms with Crippen LogP contribution in [0.1, 0.15) is 24.3 Å². The summed E-state index contributed by atoms with van der Waals surface area (Å²) in [7, 11) is -2.87. The first kappa shape index (κ1) is 29.8. The fourth-order valence-electron chi connectivity index (χ4n) is 10.3. The van der Waals surface area contributed by atoms with Crippen molar-refractivity contribution in [3.63, 3.8) is 0 Å². The fourth-order valence-corrected chi connectivity index (χ4v) is 15.2. The summed E-state index contributed by atoms with van der Waals surface area (Å²) in [5.74, 6) is 1.16. The molecule has 2 aliphatic carbocycles. The Morgan fingerprint density at radius 1 is 0.500 bits per heavy atom. The Labute approximate surface area is 305 Å². The molecular weight excluding hydrogens is 645 g/mol. The van der Waals surface area contributed by atoms with E-state index in [0.29, 0.717) is 11.8 Å². The van der Waals surface area contributed by atoms with Crippen LogP contribution >= 0.6 is 0 Å². The van der Waals surface area contributed by atoms with Crippen LogP contribution in [0.15, 0.2) is 194 Å². The number of anilines is 2. The number of para-hydroxylation sites is 3. The molecule has 2 heterocycles. The number of fused-ring (bicyclic) bond motifs is 6. The van der Waals surface area contributed by atoms with Gasteiger partial charge in [-0.25, -0.2) is 0 Å². The quantitative estimate of drug-likeness (QED) is 0.0965. The van der Waals surface area contributed by atoms with Crippen molar-refractivity contribution >= 4 is 62.0 Å². The van der Waals surface area contributed by atoms with Gasteiger partial charge in [-0.1, -0.05) is 158 Å². The van der Waals surface area contributed by atoms with Crippen molar-refractivity contribution < 1.29 is 0 Å². The molecule has 0 saturated heterocycles. The summed E-state index contributed by atoms with van der Waals surface area (Å²) in [6.45, 7) is 0. The van der Waals surface area contributed by atoms with Crippen LogP contribution in [0, 0.1) is 5.92 Å². The first-order chi connectivity index (χ1) is 25.8. The summed E-state index contributed by atoms with van der Waals surface area (Å²) in [6.07, 6.45) is 7.42. The van der Waals surface area contributed by atoms with Gasteiger partial charge in [0.1, 0.15) is 0 Å². The minimum Gasteiger partial charge on any atom is -0.331 e. The molecule has 3 aliphatic rings. The molecular formula is C49H38N2Si. The molecule has 0 bridgehead atoms. The Hall–Kier alpha value is -5.90. The number of benzene rings is 7. The molecule has 2 nitrogen and oxygen atoms in total. The van der Waals surface area contributed by atoms with Gasteiger partial charge < -0.3 is 9.47 Å². The maximum atomic E-state index is 2.74. The number of nitrogens with zero attached hydrogens (tertiary/aromatic N) is 2. The van der Waals surface area contributed by atoms with Gasteiger partial charge in [0, 0.05) is 33.8 Å².